The Labute approximate surface area is 96.7 Å². The molecule has 1 aromatic rings. The average molecular weight is 221 g/mol. The van der Waals surface area contributed by atoms with E-state index in [1.165, 1.54) is 5.56 Å². The van der Waals surface area contributed by atoms with Gasteiger partial charge in [-0.25, -0.2) is 0 Å². The van der Waals surface area contributed by atoms with E-state index in [4.69, 9.17) is 5.11 Å². The lowest BCUT2D eigenvalue weighted by molar-refractivity contribution is -0.147. The number of hydrogen-bond acceptors (Lipinski definition) is 2. The van der Waals surface area contributed by atoms with E-state index in [1.54, 1.807) is 13.8 Å². The van der Waals surface area contributed by atoms with Gasteiger partial charge in [0.25, 0.3) is 0 Å². The normalized spacial score (nSPS) is 11.8. The zero-order valence-corrected chi connectivity index (χ0v) is 10.1. The van der Waals surface area contributed by atoms with Crippen molar-refractivity contribution < 1.29 is 9.90 Å². The van der Waals surface area contributed by atoms with E-state index in [2.05, 4.69) is 0 Å². The first-order valence-electron chi connectivity index (χ1n) is 5.38. The molecule has 0 aliphatic carbocycles. The molecule has 0 radical (unpaired) electrons. The molecule has 0 saturated heterocycles. The summed E-state index contributed by atoms with van der Waals surface area (Å²) in [5, 5.41) is 9.03. The van der Waals surface area contributed by atoms with Gasteiger partial charge in [0.2, 0.25) is 0 Å². The quantitative estimate of drug-likeness (QED) is 0.829. The molecule has 0 fully saturated rings. The first-order valence-corrected chi connectivity index (χ1v) is 5.38. The van der Waals surface area contributed by atoms with Crippen molar-refractivity contribution in [3.63, 3.8) is 0 Å². The van der Waals surface area contributed by atoms with Crippen LogP contribution in [0.5, 0.6) is 0 Å². The van der Waals surface area contributed by atoms with Crippen LogP contribution in [0.1, 0.15) is 19.4 Å². The third-order valence-corrected chi connectivity index (χ3v) is 2.54. The van der Waals surface area contributed by atoms with Crippen molar-refractivity contribution in [2.75, 3.05) is 13.6 Å². The second-order valence-electron chi connectivity index (χ2n) is 4.85. The SMILES string of the molecule is CN(Cc1ccccc1)CC(C)(C)C(=O)O. The molecule has 1 rings (SSSR count). The van der Waals surface area contributed by atoms with E-state index in [-0.39, 0.29) is 0 Å². The number of aliphatic carboxylic acids is 1. The number of carboxylic acid groups (broad SMARTS) is 1. The Bertz CT molecular complexity index is 346. The molecule has 88 valence electrons. The average Bonchev–Trinajstić information content (AvgIpc) is 2.17. The van der Waals surface area contributed by atoms with Gasteiger partial charge in [0.15, 0.2) is 0 Å². The van der Waals surface area contributed by atoms with Crippen LogP contribution >= 0.6 is 0 Å². The summed E-state index contributed by atoms with van der Waals surface area (Å²) in [6, 6.07) is 10.1. The minimum atomic E-state index is -0.757. The molecule has 0 aliphatic heterocycles. The molecule has 3 heteroatoms. The van der Waals surface area contributed by atoms with E-state index in [0.29, 0.717) is 6.54 Å². The van der Waals surface area contributed by atoms with Crippen LogP contribution in [-0.4, -0.2) is 29.6 Å². The lowest BCUT2D eigenvalue weighted by Crippen LogP contribution is -2.36. The number of benzene rings is 1. The van der Waals surface area contributed by atoms with E-state index in [0.717, 1.165) is 6.54 Å². The van der Waals surface area contributed by atoms with Crippen LogP contribution in [-0.2, 0) is 11.3 Å². The van der Waals surface area contributed by atoms with Gasteiger partial charge in [0.05, 0.1) is 5.41 Å². The van der Waals surface area contributed by atoms with Crippen LogP contribution in [0.2, 0.25) is 0 Å². The molecule has 0 amide bonds. The van der Waals surface area contributed by atoms with Crippen LogP contribution in [0.15, 0.2) is 30.3 Å². The first-order chi connectivity index (χ1) is 7.42. The molecule has 1 aromatic carbocycles. The summed E-state index contributed by atoms with van der Waals surface area (Å²) in [6.07, 6.45) is 0. The molecule has 0 aromatic heterocycles. The minimum absolute atomic E-state index is 0.539. The van der Waals surface area contributed by atoms with Crippen LogP contribution in [0, 0.1) is 5.41 Å². The zero-order valence-electron chi connectivity index (χ0n) is 10.1. The molecule has 0 saturated carbocycles. The molecule has 0 heterocycles. The Morgan fingerprint density at radius 1 is 1.31 bits per heavy atom. The van der Waals surface area contributed by atoms with Gasteiger partial charge >= 0.3 is 5.97 Å². The topological polar surface area (TPSA) is 40.5 Å². The largest absolute Gasteiger partial charge is 0.481 e. The fourth-order valence-corrected chi connectivity index (χ4v) is 1.69. The number of rotatable bonds is 5. The second-order valence-corrected chi connectivity index (χ2v) is 4.85. The molecule has 0 bridgehead atoms. The Balaban J connectivity index is 2.54. The fraction of sp³-hybridized carbons (Fsp3) is 0.462. The van der Waals surface area contributed by atoms with Crippen LogP contribution in [0.25, 0.3) is 0 Å². The highest BCUT2D eigenvalue weighted by molar-refractivity contribution is 5.73. The first kappa shape index (κ1) is 12.7. The smallest absolute Gasteiger partial charge is 0.310 e. The number of carboxylic acids is 1. The van der Waals surface area contributed by atoms with Gasteiger partial charge in [-0.05, 0) is 26.5 Å². The van der Waals surface area contributed by atoms with E-state index in [1.807, 2.05) is 42.3 Å². The minimum Gasteiger partial charge on any atom is -0.481 e. The van der Waals surface area contributed by atoms with Crippen molar-refractivity contribution in [3.05, 3.63) is 35.9 Å². The fourth-order valence-electron chi connectivity index (χ4n) is 1.69. The Morgan fingerprint density at radius 3 is 2.38 bits per heavy atom. The highest BCUT2D eigenvalue weighted by Gasteiger charge is 2.28. The lowest BCUT2D eigenvalue weighted by atomic mass is 9.93. The van der Waals surface area contributed by atoms with Gasteiger partial charge in [0.1, 0.15) is 0 Å². The maximum atomic E-state index is 11.0. The monoisotopic (exact) mass is 221 g/mol. The van der Waals surface area contributed by atoms with Gasteiger partial charge in [0, 0.05) is 13.1 Å². The van der Waals surface area contributed by atoms with Crippen molar-refractivity contribution in [2.24, 2.45) is 5.41 Å². The van der Waals surface area contributed by atoms with Gasteiger partial charge in [-0.1, -0.05) is 30.3 Å². The molecular formula is C13H19NO2. The molecule has 1 N–H and O–H groups in total. The third-order valence-electron chi connectivity index (χ3n) is 2.54. The van der Waals surface area contributed by atoms with Crippen LogP contribution < -0.4 is 0 Å². The highest BCUT2D eigenvalue weighted by atomic mass is 16.4. The molecule has 0 aliphatic rings. The number of nitrogens with zero attached hydrogens (tertiary/aromatic N) is 1. The van der Waals surface area contributed by atoms with Crippen molar-refractivity contribution in [1.82, 2.24) is 4.90 Å². The van der Waals surface area contributed by atoms with Gasteiger partial charge < -0.3 is 10.0 Å². The summed E-state index contributed by atoms with van der Waals surface area (Å²) in [5.74, 6) is -0.757. The highest BCUT2D eigenvalue weighted by Crippen LogP contribution is 2.17. The second kappa shape index (κ2) is 5.12. The molecular weight excluding hydrogens is 202 g/mol. The van der Waals surface area contributed by atoms with E-state index < -0.39 is 11.4 Å². The Hall–Kier alpha value is -1.35. The summed E-state index contributed by atoms with van der Waals surface area (Å²) >= 11 is 0. The maximum absolute atomic E-state index is 11.0. The summed E-state index contributed by atoms with van der Waals surface area (Å²) in [7, 11) is 1.94. The Morgan fingerprint density at radius 2 is 1.88 bits per heavy atom. The van der Waals surface area contributed by atoms with E-state index >= 15 is 0 Å². The predicted octanol–water partition coefficient (Wildman–Crippen LogP) is 2.23. The lowest BCUT2D eigenvalue weighted by Gasteiger charge is -2.26. The number of carbonyl (C=O) groups is 1. The predicted molar refractivity (Wildman–Crippen MR) is 64.2 cm³/mol. The standard InChI is InChI=1S/C13H19NO2/c1-13(2,12(15)16)10-14(3)9-11-7-5-4-6-8-11/h4-8H,9-10H2,1-3H3,(H,15,16). The maximum Gasteiger partial charge on any atom is 0.310 e. The molecule has 0 spiro atoms. The summed E-state index contributed by atoms with van der Waals surface area (Å²) in [5.41, 5.74) is 0.495. The molecule has 0 atom stereocenters. The van der Waals surface area contributed by atoms with Gasteiger partial charge in [-0.2, -0.15) is 0 Å². The molecule has 0 unspecified atom stereocenters. The van der Waals surface area contributed by atoms with Crippen molar-refractivity contribution in [3.8, 4) is 0 Å². The van der Waals surface area contributed by atoms with Crippen molar-refractivity contribution >= 4 is 5.97 Å². The number of hydrogen-bond donors (Lipinski definition) is 1. The van der Waals surface area contributed by atoms with Crippen LogP contribution in [0.3, 0.4) is 0 Å². The third kappa shape index (κ3) is 3.66. The molecule has 16 heavy (non-hydrogen) atoms. The summed E-state index contributed by atoms with van der Waals surface area (Å²) in [4.78, 5) is 13.0. The van der Waals surface area contributed by atoms with Crippen molar-refractivity contribution in [2.45, 2.75) is 20.4 Å². The Kier molecular flexibility index (Phi) is 4.07. The van der Waals surface area contributed by atoms with Crippen molar-refractivity contribution in [1.29, 1.82) is 0 Å². The zero-order chi connectivity index (χ0) is 12.2. The van der Waals surface area contributed by atoms with Gasteiger partial charge in [-0.15, -0.1) is 0 Å². The van der Waals surface area contributed by atoms with Gasteiger partial charge in [-0.3, -0.25) is 4.79 Å². The van der Waals surface area contributed by atoms with E-state index in [9.17, 15) is 4.79 Å². The summed E-state index contributed by atoms with van der Waals surface area (Å²) < 4.78 is 0. The summed E-state index contributed by atoms with van der Waals surface area (Å²) in [6.45, 7) is 4.81. The van der Waals surface area contributed by atoms with Crippen LogP contribution in [0.4, 0.5) is 0 Å². The molecule has 3 nitrogen and oxygen atoms in total.